The van der Waals surface area contributed by atoms with Crippen LogP contribution in [-0.4, -0.2) is 11.6 Å². The number of allylic oxidation sites excluding steroid dienone is 4. The van der Waals surface area contributed by atoms with Crippen molar-refractivity contribution in [1.82, 2.24) is 0 Å². The lowest BCUT2D eigenvalue weighted by Crippen LogP contribution is -2.20. The van der Waals surface area contributed by atoms with Gasteiger partial charge in [0.2, 0.25) is 0 Å². The molecule has 0 aromatic carbocycles. The minimum absolute atomic E-state index is 0.0164. The van der Waals surface area contributed by atoms with Gasteiger partial charge in [-0.25, -0.2) is 0 Å². The van der Waals surface area contributed by atoms with Crippen LogP contribution in [0.25, 0.3) is 0 Å². The quantitative estimate of drug-likeness (QED) is 0.490. The number of carbonyl (C=O) groups excluding carboxylic acids is 2. The van der Waals surface area contributed by atoms with Crippen molar-refractivity contribution in [3.63, 3.8) is 0 Å². The molecule has 3 rings (SSSR count). The highest BCUT2D eigenvalue weighted by atomic mass is 16.1. The van der Waals surface area contributed by atoms with E-state index >= 15 is 0 Å². The molecule has 3 aliphatic carbocycles. The van der Waals surface area contributed by atoms with Crippen LogP contribution in [0.2, 0.25) is 0 Å². The maximum Gasteiger partial charge on any atom is 0.160 e. The molecule has 4 atom stereocenters. The summed E-state index contributed by atoms with van der Waals surface area (Å²) in [6.07, 6.45) is 7.39. The molecule has 0 N–H and O–H groups in total. The van der Waals surface area contributed by atoms with Gasteiger partial charge in [0.25, 0.3) is 0 Å². The van der Waals surface area contributed by atoms with Gasteiger partial charge < -0.3 is 0 Å². The Morgan fingerprint density at radius 2 is 1.75 bits per heavy atom. The molecule has 0 spiro atoms. The molecule has 60 valence electrons. The molecular formula is C10H8O2. The van der Waals surface area contributed by atoms with Gasteiger partial charge in [0.1, 0.15) is 5.78 Å². The molecule has 0 radical (unpaired) electrons. The summed E-state index contributed by atoms with van der Waals surface area (Å²) < 4.78 is 0. The molecular weight excluding hydrogens is 152 g/mol. The standard InChI is InChI=1S/C10H8O2/c11-8-4-3-5-6-1-2-7(9(5)8)10(6)12/h1-7,9H/t5-,6-,7+,9-/m1/s1. The van der Waals surface area contributed by atoms with E-state index < -0.39 is 0 Å². The second-order valence-electron chi connectivity index (χ2n) is 3.70. The molecule has 2 heteroatoms. The summed E-state index contributed by atoms with van der Waals surface area (Å²) >= 11 is 0. The summed E-state index contributed by atoms with van der Waals surface area (Å²) in [5.74, 6) is 0.477. The van der Waals surface area contributed by atoms with E-state index in [1.807, 2.05) is 18.2 Å². The van der Waals surface area contributed by atoms with Gasteiger partial charge in [0, 0.05) is 23.7 Å². The zero-order valence-electron chi connectivity index (χ0n) is 6.44. The highest BCUT2D eigenvalue weighted by Crippen LogP contribution is 2.48. The Kier molecular flexibility index (Phi) is 0.932. The number of rotatable bonds is 0. The summed E-state index contributed by atoms with van der Waals surface area (Å²) in [6.45, 7) is 0. The number of fused-ring (bicyclic) bond motifs is 5. The van der Waals surface area contributed by atoms with Crippen LogP contribution in [0, 0.1) is 23.7 Å². The lowest BCUT2D eigenvalue weighted by Gasteiger charge is -2.15. The van der Waals surface area contributed by atoms with E-state index in [2.05, 4.69) is 0 Å². The lowest BCUT2D eigenvalue weighted by atomic mass is 9.85. The highest BCUT2D eigenvalue weighted by molar-refractivity contribution is 6.05. The highest BCUT2D eigenvalue weighted by Gasteiger charge is 2.54. The smallest absolute Gasteiger partial charge is 0.160 e. The van der Waals surface area contributed by atoms with Crippen LogP contribution in [0.1, 0.15) is 0 Å². The zero-order valence-corrected chi connectivity index (χ0v) is 6.44. The second kappa shape index (κ2) is 1.76. The van der Waals surface area contributed by atoms with Crippen LogP contribution < -0.4 is 0 Å². The summed E-state index contributed by atoms with van der Waals surface area (Å²) in [4.78, 5) is 22.8. The topological polar surface area (TPSA) is 34.1 Å². The lowest BCUT2D eigenvalue weighted by molar-refractivity contribution is -0.124. The van der Waals surface area contributed by atoms with Gasteiger partial charge >= 0.3 is 0 Å². The molecule has 0 aliphatic heterocycles. The third-order valence-electron chi connectivity index (χ3n) is 3.21. The number of Topliss-reactive ketones (excluding diaryl/α,β-unsaturated/α-hetero) is 1. The Morgan fingerprint density at radius 3 is 2.50 bits per heavy atom. The van der Waals surface area contributed by atoms with E-state index in [-0.39, 0.29) is 35.2 Å². The average Bonchev–Trinajstić information content (AvgIpc) is 2.66. The number of ketones is 2. The monoisotopic (exact) mass is 160 g/mol. The van der Waals surface area contributed by atoms with Crippen molar-refractivity contribution in [2.24, 2.45) is 23.7 Å². The first-order chi connectivity index (χ1) is 5.79. The molecule has 1 fully saturated rings. The predicted octanol–water partition coefficient (Wildman–Crippen LogP) is 0.743. The average molecular weight is 160 g/mol. The van der Waals surface area contributed by atoms with Crippen LogP contribution in [0.5, 0.6) is 0 Å². The second-order valence-corrected chi connectivity index (χ2v) is 3.70. The molecule has 1 saturated carbocycles. The van der Waals surface area contributed by atoms with Crippen LogP contribution in [0.4, 0.5) is 0 Å². The summed E-state index contributed by atoms with van der Waals surface area (Å²) in [5, 5.41) is 0. The van der Waals surface area contributed by atoms with E-state index in [0.717, 1.165) is 0 Å². The Labute approximate surface area is 70.0 Å². The van der Waals surface area contributed by atoms with E-state index in [4.69, 9.17) is 0 Å². The van der Waals surface area contributed by atoms with Crippen molar-refractivity contribution < 1.29 is 9.59 Å². The fourth-order valence-corrected chi connectivity index (χ4v) is 2.65. The molecule has 0 heterocycles. The van der Waals surface area contributed by atoms with E-state index in [9.17, 15) is 9.59 Å². The first kappa shape index (κ1) is 6.35. The molecule has 3 aliphatic rings. The molecule has 0 aromatic heterocycles. The van der Waals surface area contributed by atoms with Crippen molar-refractivity contribution in [3.05, 3.63) is 24.3 Å². The first-order valence-corrected chi connectivity index (χ1v) is 4.23. The molecule has 0 amide bonds. The zero-order chi connectivity index (χ0) is 8.29. The fraction of sp³-hybridized carbons (Fsp3) is 0.400. The molecule has 2 nitrogen and oxygen atoms in total. The number of hydrogen-bond donors (Lipinski definition) is 0. The van der Waals surface area contributed by atoms with Crippen molar-refractivity contribution >= 4 is 11.6 Å². The minimum Gasteiger partial charge on any atom is -0.298 e. The van der Waals surface area contributed by atoms with Gasteiger partial charge in [-0.05, 0) is 6.08 Å². The molecule has 0 saturated heterocycles. The number of hydrogen-bond acceptors (Lipinski definition) is 2. The maximum absolute atomic E-state index is 11.5. The molecule has 12 heavy (non-hydrogen) atoms. The Balaban J connectivity index is 2.13. The van der Waals surface area contributed by atoms with E-state index in [1.165, 1.54) is 0 Å². The summed E-state index contributed by atoms with van der Waals surface area (Å²) in [7, 11) is 0. The van der Waals surface area contributed by atoms with Crippen molar-refractivity contribution in [2.75, 3.05) is 0 Å². The van der Waals surface area contributed by atoms with Gasteiger partial charge in [0.05, 0.1) is 0 Å². The van der Waals surface area contributed by atoms with Crippen molar-refractivity contribution in [3.8, 4) is 0 Å². The molecule has 0 aromatic rings. The Morgan fingerprint density at radius 1 is 1.00 bits per heavy atom. The van der Waals surface area contributed by atoms with Crippen LogP contribution in [-0.2, 0) is 9.59 Å². The number of carbonyl (C=O) groups is 2. The minimum atomic E-state index is -0.0949. The Hall–Kier alpha value is -1.18. The first-order valence-electron chi connectivity index (χ1n) is 4.23. The van der Waals surface area contributed by atoms with Gasteiger partial charge in [-0.15, -0.1) is 0 Å². The van der Waals surface area contributed by atoms with Gasteiger partial charge in [-0.2, -0.15) is 0 Å². The third-order valence-corrected chi connectivity index (χ3v) is 3.21. The summed E-state index contributed by atoms with van der Waals surface area (Å²) in [5.41, 5.74) is 0. The third kappa shape index (κ3) is 0.501. The summed E-state index contributed by atoms with van der Waals surface area (Å²) in [6, 6.07) is 0. The predicted molar refractivity (Wildman–Crippen MR) is 42.3 cm³/mol. The van der Waals surface area contributed by atoms with Crippen molar-refractivity contribution in [2.45, 2.75) is 0 Å². The van der Waals surface area contributed by atoms with Crippen LogP contribution in [0.3, 0.4) is 0 Å². The van der Waals surface area contributed by atoms with E-state index in [0.29, 0.717) is 0 Å². The Bertz CT molecular complexity index is 338. The normalized spacial score (nSPS) is 47.7. The van der Waals surface area contributed by atoms with E-state index in [1.54, 1.807) is 6.08 Å². The van der Waals surface area contributed by atoms with Crippen LogP contribution in [0.15, 0.2) is 24.3 Å². The fourth-order valence-electron chi connectivity index (χ4n) is 2.65. The van der Waals surface area contributed by atoms with Crippen LogP contribution >= 0.6 is 0 Å². The van der Waals surface area contributed by atoms with Crippen molar-refractivity contribution in [1.29, 1.82) is 0 Å². The maximum atomic E-state index is 11.5. The molecule has 2 bridgehead atoms. The van der Waals surface area contributed by atoms with Gasteiger partial charge in [-0.3, -0.25) is 9.59 Å². The molecule has 0 unspecified atom stereocenters. The SMILES string of the molecule is O=C1C=C[C@H]2[C@@H]1[C@@H]1C=C[C@H]2C1=O. The largest absolute Gasteiger partial charge is 0.298 e. The van der Waals surface area contributed by atoms with Gasteiger partial charge in [0.15, 0.2) is 5.78 Å². The van der Waals surface area contributed by atoms with Gasteiger partial charge in [-0.1, -0.05) is 18.2 Å².